The Morgan fingerprint density at radius 1 is 1.12 bits per heavy atom. The first-order valence-corrected chi connectivity index (χ1v) is 11.6. The van der Waals surface area contributed by atoms with E-state index in [1.807, 2.05) is 38.1 Å². The molecule has 7 heteroatoms. The van der Waals surface area contributed by atoms with Gasteiger partial charge in [0.15, 0.2) is 6.61 Å². The minimum atomic E-state index is -0.390. The molecule has 0 saturated carbocycles. The van der Waals surface area contributed by atoms with Crippen LogP contribution in [0.25, 0.3) is 0 Å². The minimum Gasteiger partial charge on any atom is -0.462 e. The molecule has 0 bridgehead atoms. The number of amides is 1. The van der Waals surface area contributed by atoms with Gasteiger partial charge in [0.1, 0.15) is 0 Å². The molecule has 0 radical (unpaired) electrons. The molecule has 1 aromatic carbocycles. The third-order valence-electron chi connectivity index (χ3n) is 5.63. The number of nitrogens with zero attached hydrogens (tertiary/aromatic N) is 2. The van der Waals surface area contributed by atoms with Gasteiger partial charge in [0.25, 0.3) is 5.91 Å². The molecule has 2 aliphatic rings. The largest absolute Gasteiger partial charge is 0.462 e. The highest BCUT2D eigenvalue weighted by Crippen LogP contribution is 2.29. The van der Waals surface area contributed by atoms with Gasteiger partial charge >= 0.3 is 5.97 Å². The third kappa shape index (κ3) is 6.45. The summed E-state index contributed by atoms with van der Waals surface area (Å²) >= 11 is 6.64. The van der Waals surface area contributed by atoms with Crippen molar-refractivity contribution in [2.24, 2.45) is 5.16 Å². The van der Waals surface area contributed by atoms with E-state index in [1.165, 1.54) is 0 Å². The van der Waals surface area contributed by atoms with Crippen molar-refractivity contribution in [1.29, 1.82) is 0 Å². The molecule has 1 amide bonds. The average molecular weight is 459 g/mol. The number of esters is 1. The summed E-state index contributed by atoms with van der Waals surface area (Å²) in [6, 6.07) is 1.89. The standard InChI is InChI=1S/C25H31ClN2O4/c1-18-15-19(2)24(26)21-16-20(27-32-17-22(29)28-12-8-9-13-28)11-7-5-3-4-6-10-14-31-25(30)23(18)21/h4,6-7,11,15H,3,5,8-10,12-14,16-17H2,1-2H3/b6-4+,11-7+,27-20-. The number of hydrogen-bond donors (Lipinski definition) is 0. The predicted octanol–water partition coefficient (Wildman–Crippen LogP) is 4.95. The van der Waals surface area contributed by atoms with Crippen LogP contribution in [0.1, 0.15) is 59.2 Å². The summed E-state index contributed by atoms with van der Waals surface area (Å²) in [6.07, 6.45) is 12.7. The lowest BCUT2D eigenvalue weighted by Crippen LogP contribution is -2.30. The maximum absolute atomic E-state index is 12.9. The maximum atomic E-state index is 12.9. The van der Waals surface area contributed by atoms with Crippen LogP contribution in [0.2, 0.25) is 5.02 Å². The lowest BCUT2D eigenvalue weighted by atomic mass is 9.94. The smallest absolute Gasteiger partial charge is 0.338 e. The lowest BCUT2D eigenvalue weighted by Gasteiger charge is -2.16. The maximum Gasteiger partial charge on any atom is 0.338 e. The van der Waals surface area contributed by atoms with Crippen LogP contribution in [-0.2, 0) is 20.8 Å². The SMILES string of the molecule is Cc1cc(C)c2c(c1Cl)CC(=N\OCC(=O)N1CCCC1)/C=C/CC/C=C/CCOC2=O. The summed E-state index contributed by atoms with van der Waals surface area (Å²) in [4.78, 5) is 32.4. The Labute approximate surface area is 194 Å². The number of cyclic esters (lactones) is 1. The van der Waals surface area contributed by atoms with Gasteiger partial charge in [-0.25, -0.2) is 4.79 Å². The van der Waals surface area contributed by atoms with Crippen LogP contribution in [0.3, 0.4) is 0 Å². The second kappa shape index (κ2) is 11.9. The van der Waals surface area contributed by atoms with Crippen molar-refractivity contribution in [2.45, 2.75) is 52.4 Å². The second-order valence-corrected chi connectivity index (χ2v) is 8.55. The average Bonchev–Trinajstić information content (AvgIpc) is 3.30. The third-order valence-corrected chi connectivity index (χ3v) is 6.15. The van der Waals surface area contributed by atoms with Crippen LogP contribution in [0.4, 0.5) is 0 Å². The Morgan fingerprint density at radius 3 is 2.62 bits per heavy atom. The molecule has 0 N–H and O–H groups in total. The number of aryl methyl sites for hydroxylation is 2. The van der Waals surface area contributed by atoms with Crippen molar-refractivity contribution in [3.8, 4) is 0 Å². The van der Waals surface area contributed by atoms with Crippen LogP contribution in [0, 0.1) is 13.8 Å². The number of halogens is 1. The van der Waals surface area contributed by atoms with Crippen LogP contribution in [-0.4, -0.2) is 48.8 Å². The highest BCUT2D eigenvalue weighted by Gasteiger charge is 2.22. The van der Waals surface area contributed by atoms with E-state index in [0.29, 0.717) is 41.3 Å². The molecule has 3 rings (SSSR count). The summed E-state index contributed by atoms with van der Waals surface area (Å²) in [5.74, 6) is -0.450. The van der Waals surface area contributed by atoms with Crippen molar-refractivity contribution >= 4 is 29.2 Å². The number of carbonyl (C=O) groups is 2. The first-order valence-electron chi connectivity index (χ1n) is 11.2. The number of likely N-dealkylation sites (tertiary alicyclic amines) is 1. The number of rotatable bonds is 3. The molecule has 0 unspecified atom stereocenters. The zero-order valence-electron chi connectivity index (χ0n) is 18.9. The summed E-state index contributed by atoms with van der Waals surface area (Å²) in [7, 11) is 0. The molecular weight excluding hydrogens is 428 g/mol. The fraction of sp³-hybridized carbons (Fsp3) is 0.480. The molecule has 1 aromatic rings. The molecule has 6 nitrogen and oxygen atoms in total. The molecule has 2 aliphatic heterocycles. The molecule has 0 atom stereocenters. The molecule has 0 aliphatic carbocycles. The first kappa shape index (κ1) is 24.1. The van der Waals surface area contributed by atoms with Gasteiger partial charge in [-0.05, 0) is 68.7 Å². The highest BCUT2D eigenvalue weighted by molar-refractivity contribution is 6.33. The molecule has 0 aromatic heterocycles. The second-order valence-electron chi connectivity index (χ2n) is 8.17. The van der Waals surface area contributed by atoms with Gasteiger partial charge in [-0.2, -0.15) is 0 Å². The van der Waals surface area contributed by atoms with E-state index in [0.717, 1.165) is 49.9 Å². The highest BCUT2D eigenvalue weighted by atomic mass is 35.5. The lowest BCUT2D eigenvalue weighted by molar-refractivity contribution is -0.135. The molecule has 0 spiro atoms. The predicted molar refractivity (Wildman–Crippen MR) is 126 cm³/mol. The number of fused-ring (bicyclic) bond motifs is 1. The number of ether oxygens (including phenoxy) is 1. The Balaban J connectivity index is 1.88. The van der Waals surface area contributed by atoms with E-state index in [9.17, 15) is 9.59 Å². The number of oxime groups is 1. The van der Waals surface area contributed by atoms with Gasteiger partial charge in [0, 0.05) is 24.5 Å². The van der Waals surface area contributed by atoms with Crippen molar-refractivity contribution in [3.63, 3.8) is 0 Å². The van der Waals surface area contributed by atoms with E-state index in [4.69, 9.17) is 21.2 Å². The Kier molecular flexibility index (Phi) is 8.91. The molecule has 32 heavy (non-hydrogen) atoms. The Bertz CT molecular complexity index is 930. The van der Waals surface area contributed by atoms with Crippen LogP contribution in [0.5, 0.6) is 0 Å². The molecule has 1 saturated heterocycles. The zero-order valence-corrected chi connectivity index (χ0v) is 19.6. The molecule has 1 fully saturated rings. The Morgan fingerprint density at radius 2 is 1.84 bits per heavy atom. The zero-order chi connectivity index (χ0) is 22.9. The van der Waals surface area contributed by atoms with Crippen molar-refractivity contribution in [1.82, 2.24) is 4.90 Å². The van der Waals surface area contributed by atoms with Crippen molar-refractivity contribution in [3.05, 3.63) is 57.6 Å². The van der Waals surface area contributed by atoms with E-state index in [-0.39, 0.29) is 12.5 Å². The van der Waals surface area contributed by atoms with E-state index in [2.05, 4.69) is 11.2 Å². The molecular formula is C25H31ClN2O4. The van der Waals surface area contributed by atoms with Gasteiger partial charge in [0.05, 0.1) is 17.9 Å². The van der Waals surface area contributed by atoms with Gasteiger partial charge in [-0.15, -0.1) is 0 Å². The van der Waals surface area contributed by atoms with Crippen molar-refractivity contribution in [2.75, 3.05) is 26.3 Å². The normalized spacial score (nSPS) is 20.9. The van der Waals surface area contributed by atoms with E-state index < -0.39 is 5.97 Å². The van der Waals surface area contributed by atoms with E-state index in [1.54, 1.807) is 4.90 Å². The first-order chi connectivity index (χ1) is 15.5. The topological polar surface area (TPSA) is 68.2 Å². The van der Waals surface area contributed by atoms with Gasteiger partial charge in [0.2, 0.25) is 0 Å². The molecule has 2 heterocycles. The van der Waals surface area contributed by atoms with Gasteiger partial charge < -0.3 is 14.5 Å². The quantitative estimate of drug-likeness (QED) is 0.365. The number of allylic oxidation sites excluding steroid dienone is 3. The molecule has 172 valence electrons. The monoisotopic (exact) mass is 458 g/mol. The fourth-order valence-electron chi connectivity index (χ4n) is 3.97. The minimum absolute atomic E-state index is 0.0597. The summed E-state index contributed by atoms with van der Waals surface area (Å²) in [5, 5.41) is 4.76. The van der Waals surface area contributed by atoms with Gasteiger partial charge in [-0.3, -0.25) is 4.79 Å². The van der Waals surface area contributed by atoms with Gasteiger partial charge in [-0.1, -0.05) is 41.1 Å². The van der Waals surface area contributed by atoms with Crippen LogP contribution >= 0.6 is 11.6 Å². The summed E-state index contributed by atoms with van der Waals surface area (Å²) in [6.45, 7) is 5.55. The number of benzene rings is 1. The van der Waals surface area contributed by atoms with Crippen LogP contribution < -0.4 is 0 Å². The number of carbonyl (C=O) groups excluding carboxylic acids is 2. The number of hydrogen-bond acceptors (Lipinski definition) is 5. The van der Waals surface area contributed by atoms with Crippen molar-refractivity contribution < 1.29 is 19.2 Å². The Hall–Kier alpha value is -2.60. The van der Waals surface area contributed by atoms with E-state index >= 15 is 0 Å². The summed E-state index contributed by atoms with van der Waals surface area (Å²) < 4.78 is 5.51. The van der Waals surface area contributed by atoms with Crippen LogP contribution in [0.15, 0.2) is 35.5 Å². The fourth-order valence-corrected chi connectivity index (χ4v) is 4.18. The summed E-state index contributed by atoms with van der Waals surface area (Å²) in [5.41, 5.74) is 3.42.